The highest BCUT2D eigenvalue weighted by atomic mass is 15.1. The van der Waals surface area contributed by atoms with Crippen molar-refractivity contribution in [2.24, 2.45) is 0 Å². The molecular weight excluding hydrogens is 224 g/mol. The second-order valence-corrected chi connectivity index (χ2v) is 4.46. The monoisotopic (exact) mass is 244 g/mol. The minimum absolute atomic E-state index is 0.318. The first-order valence-corrected chi connectivity index (χ1v) is 6.43. The number of aryl methyl sites for hydroxylation is 1. The Balaban J connectivity index is 1.93. The standard InChI is InChI=1S/C14H20N4/c1-3-8-18-11-16-9-14(18)10-17-12(2)13-4-6-15-7-5-13/h4-7,9,11-12,17H,3,8,10H2,1-2H3/t12-/m1/s1. The lowest BCUT2D eigenvalue weighted by Gasteiger charge is -2.14. The lowest BCUT2D eigenvalue weighted by molar-refractivity contribution is 0.541. The fourth-order valence-electron chi connectivity index (χ4n) is 1.97. The quantitative estimate of drug-likeness (QED) is 0.849. The van der Waals surface area contributed by atoms with E-state index in [-0.39, 0.29) is 0 Å². The molecule has 0 amide bonds. The van der Waals surface area contributed by atoms with Crippen molar-refractivity contribution in [3.8, 4) is 0 Å². The van der Waals surface area contributed by atoms with E-state index in [2.05, 4.69) is 33.7 Å². The third-order valence-corrected chi connectivity index (χ3v) is 3.06. The number of hydrogen-bond donors (Lipinski definition) is 1. The fraction of sp³-hybridized carbons (Fsp3) is 0.429. The normalized spacial score (nSPS) is 12.6. The summed E-state index contributed by atoms with van der Waals surface area (Å²) >= 11 is 0. The van der Waals surface area contributed by atoms with Crippen molar-refractivity contribution in [2.45, 2.75) is 39.4 Å². The Hall–Kier alpha value is -1.68. The zero-order valence-corrected chi connectivity index (χ0v) is 11.0. The summed E-state index contributed by atoms with van der Waals surface area (Å²) in [6, 6.07) is 4.40. The van der Waals surface area contributed by atoms with E-state index in [1.54, 1.807) is 0 Å². The van der Waals surface area contributed by atoms with Crippen molar-refractivity contribution >= 4 is 0 Å². The van der Waals surface area contributed by atoms with Gasteiger partial charge in [-0.05, 0) is 31.0 Å². The van der Waals surface area contributed by atoms with Gasteiger partial charge in [0.15, 0.2) is 0 Å². The summed E-state index contributed by atoms with van der Waals surface area (Å²) in [5, 5.41) is 3.51. The van der Waals surface area contributed by atoms with E-state index in [1.165, 1.54) is 11.3 Å². The highest BCUT2D eigenvalue weighted by molar-refractivity contribution is 5.14. The zero-order valence-electron chi connectivity index (χ0n) is 11.0. The van der Waals surface area contributed by atoms with Crippen LogP contribution in [0.1, 0.15) is 37.6 Å². The molecule has 0 fully saturated rings. The Morgan fingerprint density at radius 3 is 2.78 bits per heavy atom. The first-order valence-electron chi connectivity index (χ1n) is 6.43. The number of aromatic nitrogens is 3. The van der Waals surface area contributed by atoms with Crippen molar-refractivity contribution in [3.05, 3.63) is 48.3 Å². The van der Waals surface area contributed by atoms with Gasteiger partial charge < -0.3 is 9.88 Å². The Labute approximate surface area is 108 Å². The van der Waals surface area contributed by atoms with E-state index in [4.69, 9.17) is 0 Å². The van der Waals surface area contributed by atoms with Crippen LogP contribution in [0.15, 0.2) is 37.1 Å². The highest BCUT2D eigenvalue weighted by Crippen LogP contribution is 2.11. The minimum Gasteiger partial charge on any atom is -0.333 e. The van der Waals surface area contributed by atoms with Crippen molar-refractivity contribution < 1.29 is 0 Å². The van der Waals surface area contributed by atoms with Crippen LogP contribution in [-0.2, 0) is 13.1 Å². The number of pyridine rings is 1. The third kappa shape index (κ3) is 3.17. The van der Waals surface area contributed by atoms with Crippen LogP contribution in [0.3, 0.4) is 0 Å². The largest absolute Gasteiger partial charge is 0.333 e. The molecule has 0 aliphatic heterocycles. The maximum Gasteiger partial charge on any atom is 0.0948 e. The lowest BCUT2D eigenvalue weighted by Crippen LogP contribution is -2.20. The first-order chi connectivity index (χ1) is 8.81. The molecule has 2 aromatic heterocycles. The third-order valence-electron chi connectivity index (χ3n) is 3.06. The molecule has 0 aliphatic carbocycles. The molecular formula is C14H20N4. The second kappa shape index (κ2) is 6.31. The average molecular weight is 244 g/mol. The fourth-order valence-corrected chi connectivity index (χ4v) is 1.97. The zero-order chi connectivity index (χ0) is 12.8. The Bertz CT molecular complexity index is 464. The highest BCUT2D eigenvalue weighted by Gasteiger charge is 2.06. The van der Waals surface area contributed by atoms with Crippen molar-refractivity contribution in [1.29, 1.82) is 0 Å². The number of hydrogen-bond acceptors (Lipinski definition) is 3. The smallest absolute Gasteiger partial charge is 0.0948 e. The van der Waals surface area contributed by atoms with Crippen LogP contribution < -0.4 is 5.32 Å². The summed E-state index contributed by atoms with van der Waals surface area (Å²) in [5.74, 6) is 0. The molecule has 4 heteroatoms. The summed E-state index contributed by atoms with van der Waals surface area (Å²) in [4.78, 5) is 8.24. The van der Waals surface area contributed by atoms with Crippen LogP contribution in [-0.4, -0.2) is 14.5 Å². The van der Waals surface area contributed by atoms with E-state index < -0.39 is 0 Å². The lowest BCUT2D eigenvalue weighted by atomic mass is 10.1. The van der Waals surface area contributed by atoms with E-state index in [9.17, 15) is 0 Å². The van der Waals surface area contributed by atoms with E-state index in [0.29, 0.717) is 6.04 Å². The molecule has 2 aromatic rings. The van der Waals surface area contributed by atoms with Gasteiger partial charge in [0.1, 0.15) is 0 Å². The molecule has 0 radical (unpaired) electrons. The molecule has 0 saturated carbocycles. The van der Waals surface area contributed by atoms with Crippen molar-refractivity contribution in [3.63, 3.8) is 0 Å². The molecule has 96 valence electrons. The van der Waals surface area contributed by atoms with Crippen LogP contribution in [0.25, 0.3) is 0 Å². The summed E-state index contributed by atoms with van der Waals surface area (Å²) < 4.78 is 2.20. The predicted molar refractivity (Wildman–Crippen MR) is 72.0 cm³/mol. The predicted octanol–water partition coefficient (Wildman–Crippen LogP) is 2.54. The van der Waals surface area contributed by atoms with Gasteiger partial charge >= 0.3 is 0 Å². The number of imidazole rings is 1. The van der Waals surface area contributed by atoms with Crippen molar-refractivity contribution in [1.82, 2.24) is 19.9 Å². The molecule has 0 saturated heterocycles. The average Bonchev–Trinajstić information content (AvgIpc) is 2.85. The maximum atomic E-state index is 4.20. The molecule has 0 bridgehead atoms. The van der Waals surface area contributed by atoms with Crippen LogP contribution in [0.4, 0.5) is 0 Å². The number of nitrogens with one attached hydrogen (secondary N) is 1. The molecule has 18 heavy (non-hydrogen) atoms. The molecule has 0 aliphatic rings. The van der Waals surface area contributed by atoms with Gasteiger partial charge in [-0.15, -0.1) is 0 Å². The van der Waals surface area contributed by atoms with Crippen LogP contribution in [0.2, 0.25) is 0 Å². The second-order valence-electron chi connectivity index (χ2n) is 4.46. The Kier molecular flexibility index (Phi) is 4.47. The SMILES string of the molecule is CCCn1cncc1CN[C@H](C)c1ccncc1. The molecule has 0 spiro atoms. The summed E-state index contributed by atoms with van der Waals surface area (Å²) in [5.41, 5.74) is 2.49. The van der Waals surface area contributed by atoms with Crippen LogP contribution >= 0.6 is 0 Å². The van der Waals surface area contributed by atoms with Gasteiger partial charge in [-0.1, -0.05) is 6.92 Å². The number of rotatable bonds is 6. The topological polar surface area (TPSA) is 42.7 Å². The number of nitrogens with zero attached hydrogens (tertiary/aromatic N) is 3. The van der Waals surface area contributed by atoms with Gasteiger partial charge in [0.25, 0.3) is 0 Å². The van der Waals surface area contributed by atoms with Crippen LogP contribution in [0, 0.1) is 0 Å². The molecule has 4 nitrogen and oxygen atoms in total. The minimum atomic E-state index is 0.318. The Morgan fingerprint density at radius 2 is 2.06 bits per heavy atom. The summed E-state index contributed by atoms with van der Waals surface area (Å²) in [6.07, 6.45) is 8.62. The summed E-state index contributed by atoms with van der Waals surface area (Å²) in [6.45, 7) is 6.21. The molecule has 0 unspecified atom stereocenters. The van der Waals surface area contributed by atoms with Gasteiger partial charge in [0.05, 0.1) is 12.0 Å². The molecule has 1 N–H and O–H groups in total. The van der Waals surface area contributed by atoms with Gasteiger partial charge in [-0.25, -0.2) is 4.98 Å². The van der Waals surface area contributed by atoms with E-state index >= 15 is 0 Å². The van der Waals surface area contributed by atoms with Crippen molar-refractivity contribution in [2.75, 3.05) is 0 Å². The van der Waals surface area contributed by atoms with Crippen LogP contribution in [0.5, 0.6) is 0 Å². The van der Waals surface area contributed by atoms with Gasteiger partial charge in [-0.2, -0.15) is 0 Å². The van der Waals surface area contributed by atoms with Gasteiger partial charge in [-0.3, -0.25) is 4.98 Å². The molecule has 2 heterocycles. The first kappa shape index (κ1) is 12.8. The molecule has 2 rings (SSSR count). The van der Waals surface area contributed by atoms with Gasteiger partial charge in [0, 0.05) is 37.7 Å². The maximum absolute atomic E-state index is 4.20. The Morgan fingerprint density at radius 1 is 1.28 bits per heavy atom. The van der Waals surface area contributed by atoms with E-state index in [0.717, 1.165) is 19.5 Å². The van der Waals surface area contributed by atoms with E-state index in [1.807, 2.05) is 37.1 Å². The molecule has 1 atom stereocenters. The summed E-state index contributed by atoms with van der Waals surface area (Å²) in [7, 11) is 0. The molecule has 0 aromatic carbocycles. The van der Waals surface area contributed by atoms with Gasteiger partial charge in [0.2, 0.25) is 0 Å².